The fourth-order valence-corrected chi connectivity index (χ4v) is 3.12. The molecule has 1 N–H and O–H groups in total. The maximum atomic E-state index is 12.6. The van der Waals surface area contributed by atoms with Gasteiger partial charge in [-0.3, -0.25) is 0 Å². The van der Waals surface area contributed by atoms with Crippen molar-refractivity contribution in [1.82, 2.24) is 0 Å². The lowest BCUT2D eigenvalue weighted by molar-refractivity contribution is 0.0272. The molecular weight excluding hydrogens is 340 g/mol. The number of carbonyl (C=O) groups is 2. The monoisotopic (exact) mass is 368 g/mol. The van der Waals surface area contributed by atoms with Crippen molar-refractivity contribution < 1.29 is 19.4 Å². The fraction of sp³-hybridized carbons (Fsp3) is 0.391. The van der Waals surface area contributed by atoms with E-state index in [2.05, 4.69) is 6.92 Å². The number of esters is 1. The molecule has 0 spiro atoms. The van der Waals surface area contributed by atoms with Crippen LogP contribution in [-0.4, -0.2) is 23.1 Å². The first-order valence-corrected chi connectivity index (χ1v) is 9.69. The van der Waals surface area contributed by atoms with Crippen LogP contribution >= 0.6 is 0 Å². The Kier molecular flexibility index (Phi) is 8.56. The smallest absolute Gasteiger partial charge is 0.339 e. The number of benzene rings is 2. The molecule has 0 heterocycles. The summed E-state index contributed by atoms with van der Waals surface area (Å²) < 4.78 is 5.74. The number of carbonyl (C=O) groups excluding carboxylic acids is 1. The molecule has 144 valence electrons. The maximum absolute atomic E-state index is 12.6. The topological polar surface area (TPSA) is 63.6 Å². The molecule has 1 atom stereocenters. The minimum Gasteiger partial charge on any atom is -0.478 e. The average Bonchev–Trinajstić information content (AvgIpc) is 2.68. The molecule has 1 unspecified atom stereocenters. The third-order valence-electron chi connectivity index (χ3n) is 4.59. The van der Waals surface area contributed by atoms with Crippen molar-refractivity contribution in [3.05, 3.63) is 71.3 Å². The van der Waals surface area contributed by atoms with Gasteiger partial charge in [0.15, 0.2) is 0 Å². The molecule has 0 saturated carbocycles. The number of unbranched alkanes of at least 4 members (excludes halogenated alkanes) is 4. The van der Waals surface area contributed by atoms with Gasteiger partial charge in [-0.1, -0.05) is 75.1 Å². The van der Waals surface area contributed by atoms with E-state index >= 15 is 0 Å². The van der Waals surface area contributed by atoms with Crippen LogP contribution in [0.15, 0.2) is 54.6 Å². The van der Waals surface area contributed by atoms with Gasteiger partial charge >= 0.3 is 11.9 Å². The molecule has 4 heteroatoms. The number of aromatic carboxylic acids is 1. The molecule has 0 saturated heterocycles. The van der Waals surface area contributed by atoms with E-state index in [-0.39, 0.29) is 17.2 Å². The summed E-state index contributed by atoms with van der Waals surface area (Å²) in [5, 5.41) is 9.30. The van der Waals surface area contributed by atoms with Gasteiger partial charge in [-0.25, -0.2) is 9.59 Å². The highest BCUT2D eigenvalue weighted by molar-refractivity contribution is 6.02. The van der Waals surface area contributed by atoms with E-state index in [1.165, 1.54) is 31.4 Å². The highest BCUT2D eigenvalue weighted by Crippen LogP contribution is 2.18. The van der Waals surface area contributed by atoms with Crippen molar-refractivity contribution in [2.75, 3.05) is 0 Å². The normalized spacial score (nSPS) is 11.7. The maximum Gasteiger partial charge on any atom is 0.339 e. The van der Waals surface area contributed by atoms with Gasteiger partial charge in [-0.05, 0) is 30.5 Å². The summed E-state index contributed by atoms with van der Waals surface area (Å²) in [6.45, 7) is 2.18. The first-order chi connectivity index (χ1) is 13.1. The molecule has 4 nitrogen and oxygen atoms in total. The van der Waals surface area contributed by atoms with Gasteiger partial charge in [-0.2, -0.15) is 0 Å². The predicted octanol–water partition coefficient (Wildman–Crippen LogP) is 5.51. The summed E-state index contributed by atoms with van der Waals surface area (Å²) in [6.07, 6.45) is 6.85. The second-order valence-electron chi connectivity index (χ2n) is 6.77. The summed E-state index contributed by atoms with van der Waals surface area (Å²) in [5.74, 6) is -1.69. The second-order valence-corrected chi connectivity index (χ2v) is 6.77. The zero-order valence-electron chi connectivity index (χ0n) is 15.9. The number of carboxylic acid groups (broad SMARTS) is 1. The third kappa shape index (κ3) is 6.89. The van der Waals surface area contributed by atoms with E-state index in [1.807, 2.05) is 30.3 Å². The number of rotatable bonds is 11. The van der Waals surface area contributed by atoms with E-state index in [4.69, 9.17) is 4.74 Å². The van der Waals surface area contributed by atoms with E-state index in [0.717, 1.165) is 24.8 Å². The molecular formula is C23H28O4. The Balaban J connectivity index is 2.05. The molecule has 27 heavy (non-hydrogen) atoms. The molecule has 0 aromatic heterocycles. The van der Waals surface area contributed by atoms with Crippen molar-refractivity contribution in [3.63, 3.8) is 0 Å². The Morgan fingerprint density at radius 3 is 2.19 bits per heavy atom. The van der Waals surface area contributed by atoms with Crippen LogP contribution in [-0.2, 0) is 11.2 Å². The quantitative estimate of drug-likeness (QED) is 0.419. The summed E-state index contributed by atoms with van der Waals surface area (Å²) >= 11 is 0. The SMILES string of the molecule is CCCCCCCC(Cc1ccccc1)OC(=O)c1ccccc1C(=O)O. The van der Waals surface area contributed by atoms with Crippen LogP contribution in [0.4, 0.5) is 0 Å². The molecule has 0 radical (unpaired) electrons. The van der Waals surface area contributed by atoms with Gasteiger partial charge in [0.2, 0.25) is 0 Å². The Hall–Kier alpha value is -2.62. The molecule has 2 aromatic carbocycles. The van der Waals surface area contributed by atoms with Crippen molar-refractivity contribution >= 4 is 11.9 Å². The van der Waals surface area contributed by atoms with Gasteiger partial charge in [0.1, 0.15) is 6.10 Å². The second kappa shape index (κ2) is 11.2. The Bertz CT molecular complexity index is 724. The van der Waals surface area contributed by atoms with Crippen LogP contribution < -0.4 is 0 Å². The number of carboxylic acids is 1. The van der Waals surface area contributed by atoms with Crippen molar-refractivity contribution in [1.29, 1.82) is 0 Å². The molecule has 0 aliphatic heterocycles. The van der Waals surface area contributed by atoms with Crippen LogP contribution in [0.25, 0.3) is 0 Å². The first kappa shape index (κ1) is 20.7. The zero-order valence-corrected chi connectivity index (χ0v) is 15.9. The van der Waals surface area contributed by atoms with Crippen LogP contribution in [0.2, 0.25) is 0 Å². The molecule has 0 aliphatic rings. The summed E-state index contributed by atoms with van der Waals surface area (Å²) in [7, 11) is 0. The standard InChI is InChI=1S/C23H28O4/c1-2-3-4-5-9-14-19(17-18-12-7-6-8-13-18)27-23(26)21-16-11-10-15-20(21)22(24)25/h6-8,10-13,15-16,19H,2-5,9,14,17H2,1H3,(H,24,25). The van der Waals surface area contributed by atoms with E-state index in [0.29, 0.717) is 6.42 Å². The van der Waals surface area contributed by atoms with Crippen LogP contribution in [0.1, 0.15) is 71.7 Å². The molecule has 0 amide bonds. The van der Waals surface area contributed by atoms with Gasteiger partial charge in [0, 0.05) is 6.42 Å². The minimum absolute atomic E-state index is 0.0242. The molecule has 0 aliphatic carbocycles. The van der Waals surface area contributed by atoms with Crippen LogP contribution in [0, 0.1) is 0 Å². The summed E-state index contributed by atoms with van der Waals surface area (Å²) in [6, 6.07) is 16.1. The first-order valence-electron chi connectivity index (χ1n) is 9.69. The number of hydrogen-bond donors (Lipinski definition) is 1. The molecule has 0 fully saturated rings. The van der Waals surface area contributed by atoms with Gasteiger partial charge in [0.05, 0.1) is 11.1 Å². The minimum atomic E-state index is -1.12. The zero-order chi connectivity index (χ0) is 19.5. The number of ether oxygens (including phenoxy) is 1. The third-order valence-corrected chi connectivity index (χ3v) is 4.59. The lowest BCUT2D eigenvalue weighted by Gasteiger charge is -2.19. The van der Waals surface area contributed by atoms with Crippen molar-refractivity contribution in [3.8, 4) is 0 Å². The fourth-order valence-electron chi connectivity index (χ4n) is 3.12. The van der Waals surface area contributed by atoms with Crippen molar-refractivity contribution in [2.24, 2.45) is 0 Å². The highest BCUT2D eigenvalue weighted by Gasteiger charge is 2.21. The highest BCUT2D eigenvalue weighted by atomic mass is 16.5. The largest absolute Gasteiger partial charge is 0.478 e. The lowest BCUT2D eigenvalue weighted by Crippen LogP contribution is -2.22. The van der Waals surface area contributed by atoms with Gasteiger partial charge < -0.3 is 9.84 Å². The molecule has 2 aromatic rings. The van der Waals surface area contributed by atoms with E-state index in [9.17, 15) is 14.7 Å². The van der Waals surface area contributed by atoms with Crippen LogP contribution in [0.3, 0.4) is 0 Å². The van der Waals surface area contributed by atoms with Gasteiger partial charge in [0.25, 0.3) is 0 Å². The molecule has 0 bridgehead atoms. The van der Waals surface area contributed by atoms with E-state index in [1.54, 1.807) is 12.1 Å². The lowest BCUT2D eigenvalue weighted by atomic mass is 10.0. The Morgan fingerprint density at radius 2 is 1.52 bits per heavy atom. The Morgan fingerprint density at radius 1 is 0.889 bits per heavy atom. The predicted molar refractivity (Wildman–Crippen MR) is 106 cm³/mol. The van der Waals surface area contributed by atoms with Crippen molar-refractivity contribution in [2.45, 2.75) is 58.0 Å². The molecule has 2 rings (SSSR count). The van der Waals surface area contributed by atoms with Gasteiger partial charge in [-0.15, -0.1) is 0 Å². The summed E-state index contributed by atoms with van der Waals surface area (Å²) in [4.78, 5) is 24.0. The number of hydrogen-bond acceptors (Lipinski definition) is 3. The average molecular weight is 368 g/mol. The summed E-state index contributed by atoms with van der Waals surface area (Å²) in [5.41, 5.74) is 1.19. The van der Waals surface area contributed by atoms with E-state index < -0.39 is 11.9 Å². The van der Waals surface area contributed by atoms with Crippen LogP contribution in [0.5, 0.6) is 0 Å². The Labute approximate surface area is 161 Å².